The fourth-order valence-corrected chi connectivity index (χ4v) is 2.14. The minimum atomic E-state index is -1.08. The molecule has 0 bridgehead atoms. The molecule has 84 valence electrons. The molecule has 2 rings (SSSR count). The first-order valence-corrected chi connectivity index (χ1v) is 5.17. The second kappa shape index (κ2) is 4.20. The zero-order valence-corrected chi connectivity index (χ0v) is 8.74. The molecule has 1 N–H and O–H groups in total. The number of nitriles is 1. The van der Waals surface area contributed by atoms with Crippen LogP contribution in [0.3, 0.4) is 0 Å². The van der Waals surface area contributed by atoms with Crippen molar-refractivity contribution in [2.45, 2.75) is 18.4 Å². The summed E-state index contributed by atoms with van der Waals surface area (Å²) in [6.07, 6.45) is 0.945. The van der Waals surface area contributed by atoms with Crippen molar-refractivity contribution in [3.05, 3.63) is 35.1 Å². The smallest absolute Gasteiger partial charge is 0.180 e. The van der Waals surface area contributed by atoms with Gasteiger partial charge in [0.15, 0.2) is 5.60 Å². The Labute approximate surface area is 93.1 Å². The van der Waals surface area contributed by atoms with Gasteiger partial charge in [0, 0.05) is 5.56 Å². The lowest BCUT2D eigenvalue weighted by Gasteiger charge is -2.22. The van der Waals surface area contributed by atoms with Gasteiger partial charge in [0.1, 0.15) is 11.9 Å². The van der Waals surface area contributed by atoms with E-state index in [4.69, 9.17) is 9.84 Å². The lowest BCUT2D eigenvalue weighted by Crippen LogP contribution is -2.26. The normalized spacial score (nSPS) is 22.8. The minimum Gasteiger partial charge on any atom is -0.394 e. The zero-order chi connectivity index (χ0) is 11.6. The van der Waals surface area contributed by atoms with Gasteiger partial charge in [0.25, 0.3) is 0 Å². The molecule has 0 spiro atoms. The Morgan fingerprint density at radius 1 is 1.56 bits per heavy atom. The Morgan fingerprint density at radius 3 is 3.06 bits per heavy atom. The number of nitrogens with zero attached hydrogens (tertiary/aromatic N) is 1. The molecular formula is C12H12FNO2. The maximum absolute atomic E-state index is 13.5. The van der Waals surface area contributed by atoms with E-state index in [9.17, 15) is 9.65 Å². The summed E-state index contributed by atoms with van der Waals surface area (Å²) in [6.45, 7) is -0.0579. The molecule has 0 saturated heterocycles. The third-order valence-electron chi connectivity index (χ3n) is 2.90. The molecule has 0 amide bonds. The number of benzene rings is 1. The average Bonchev–Trinajstić information content (AvgIpc) is 2.68. The number of hydrogen-bond acceptors (Lipinski definition) is 3. The van der Waals surface area contributed by atoms with Gasteiger partial charge in [-0.15, -0.1) is 0 Å². The van der Waals surface area contributed by atoms with Gasteiger partial charge >= 0.3 is 0 Å². The largest absolute Gasteiger partial charge is 0.394 e. The molecule has 0 fully saturated rings. The third-order valence-corrected chi connectivity index (χ3v) is 2.90. The molecule has 0 aliphatic heterocycles. The van der Waals surface area contributed by atoms with Crippen LogP contribution in [0.1, 0.15) is 17.5 Å². The summed E-state index contributed by atoms with van der Waals surface area (Å²) in [4.78, 5) is 0. The van der Waals surface area contributed by atoms with Gasteiger partial charge in [-0.2, -0.15) is 5.26 Å². The molecule has 0 saturated carbocycles. The van der Waals surface area contributed by atoms with Crippen molar-refractivity contribution in [1.29, 1.82) is 5.26 Å². The standard InChI is InChI=1S/C12H12FNO2/c13-11-3-1-2-10-9(11)4-5-12(10,8-14)16-7-6-15/h1-3,15H,4-7H2. The monoisotopic (exact) mass is 221 g/mol. The number of halogens is 1. The molecule has 1 atom stereocenters. The van der Waals surface area contributed by atoms with Crippen molar-refractivity contribution in [3.63, 3.8) is 0 Å². The highest BCUT2D eigenvalue weighted by Gasteiger charge is 2.41. The number of aliphatic hydroxyl groups excluding tert-OH is 1. The van der Waals surface area contributed by atoms with Crippen molar-refractivity contribution in [2.24, 2.45) is 0 Å². The predicted molar refractivity (Wildman–Crippen MR) is 55.0 cm³/mol. The first kappa shape index (κ1) is 11.1. The summed E-state index contributed by atoms with van der Waals surface area (Å²) in [5.74, 6) is -0.290. The number of hydrogen-bond donors (Lipinski definition) is 1. The van der Waals surface area contributed by atoms with Crippen LogP contribution in [0.25, 0.3) is 0 Å². The molecular weight excluding hydrogens is 209 g/mol. The first-order chi connectivity index (χ1) is 7.73. The Balaban J connectivity index is 2.40. The maximum atomic E-state index is 13.5. The Kier molecular flexibility index (Phi) is 2.90. The highest BCUT2D eigenvalue weighted by Crippen LogP contribution is 2.40. The van der Waals surface area contributed by atoms with E-state index in [1.165, 1.54) is 6.07 Å². The quantitative estimate of drug-likeness (QED) is 0.841. The Hall–Kier alpha value is -1.44. The van der Waals surface area contributed by atoms with Crippen LogP contribution in [0.2, 0.25) is 0 Å². The summed E-state index contributed by atoms with van der Waals surface area (Å²) >= 11 is 0. The molecule has 4 heteroatoms. The Morgan fingerprint density at radius 2 is 2.38 bits per heavy atom. The molecule has 1 aromatic carbocycles. The van der Waals surface area contributed by atoms with Crippen molar-refractivity contribution in [3.8, 4) is 6.07 Å². The predicted octanol–water partition coefficient (Wildman–Crippen LogP) is 1.50. The Bertz CT molecular complexity index is 441. The number of ether oxygens (including phenoxy) is 1. The van der Waals surface area contributed by atoms with Crippen LogP contribution in [0.5, 0.6) is 0 Å². The van der Waals surface area contributed by atoms with E-state index in [-0.39, 0.29) is 19.0 Å². The van der Waals surface area contributed by atoms with Gasteiger partial charge in [-0.05, 0) is 24.5 Å². The van der Waals surface area contributed by atoms with Crippen LogP contribution < -0.4 is 0 Å². The molecule has 16 heavy (non-hydrogen) atoms. The van der Waals surface area contributed by atoms with Gasteiger partial charge < -0.3 is 9.84 Å². The molecule has 1 aromatic rings. The lowest BCUT2D eigenvalue weighted by molar-refractivity contribution is -0.0218. The van der Waals surface area contributed by atoms with E-state index in [1.54, 1.807) is 12.1 Å². The summed E-state index contributed by atoms with van der Waals surface area (Å²) in [6, 6.07) is 6.77. The summed E-state index contributed by atoms with van der Waals surface area (Å²) in [5, 5.41) is 17.9. The summed E-state index contributed by atoms with van der Waals surface area (Å²) in [5.41, 5.74) is 0.0746. The highest BCUT2D eigenvalue weighted by molar-refractivity contribution is 5.42. The first-order valence-electron chi connectivity index (χ1n) is 5.17. The third kappa shape index (κ3) is 1.58. The number of rotatable bonds is 3. The van der Waals surface area contributed by atoms with Gasteiger partial charge in [-0.3, -0.25) is 0 Å². The van der Waals surface area contributed by atoms with Crippen LogP contribution in [-0.2, 0) is 16.8 Å². The SMILES string of the molecule is N#CC1(OCCO)CCc2c(F)cccc21. The van der Waals surface area contributed by atoms with Crippen molar-refractivity contribution < 1.29 is 14.2 Å². The van der Waals surface area contributed by atoms with Gasteiger partial charge in [0.05, 0.1) is 13.2 Å². The fourth-order valence-electron chi connectivity index (χ4n) is 2.14. The van der Waals surface area contributed by atoms with E-state index in [2.05, 4.69) is 6.07 Å². The summed E-state index contributed by atoms with van der Waals surface area (Å²) < 4.78 is 18.9. The van der Waals surface area contributed by atoms with Gasteiger partial charge in [-0.1, -0.05) is 12.1 Å². The van der Waals surface area contributed by atoms with E-state index in [1.807, 2.05) is 0 Å². The molecule has 0 heterocycles. The van der Waals surface area contributed by atoms with Crippen LogP contribution in [0.15, 0.2) is 18.2 Å². The number of aliphatic hydroxyl groups is 1. The van der Waals surface area contributed by atoms with Gasteiger partial charge in [0.2, 0.25) is 0 Å². The van der Waals surface area contributed by atoms with Crippen LogP contribution in [0.4, 0.5) is 4.39 Å². The van der Waals surface area contributed by atoms with Crippen LogP contribution in [-0.4, -0.2) is 18.3 Å². The lowest BCUT2D eigenvalue weighted by atomic mass is 9.97. The zero-order valence-electron chi connectivity index (χ0n) is 8.74. The van der Waals surface area contributed by atoms with Crippen molar-refractivity contribution >= 4 is 0 Å². The van der Waals surface area contributed by atoms with E-state index >= 15 is 0 Å². The fraction of sp³-hybridized carbons (Fsp3) is 0.417. The molecule has 1 unspecified atom stereocenters. The topological polar surface area (TPSA) is 53.2 Å². The molecule has 0 aromatic heterocycles. The second-order valence-corrected chi connectivity index (χ2v) is 3.78. The molecule has 1 aliphatic carbocycles. The second-order valence-electron chi connectivity index (χ2n) is 3.78. The average molecular weight is 221 g/mol. The highest BCUT2D eigenvalue weighted by atomic mass is 19.1. The molecule has 1 aliphatic rings. The van der Waals surface area contributed by atoms with Gasteiger partial charge in [-0.25, -0.2) is 4.39 Å². The van der Waals surface area contributed by atoms with Crippen LogP contribution in [0, 0.1) is 17.1 Å². The van der Waals surface area contributed by atoms with E-state index < -0.39 is 5.60 Å². The van der Waals surface area contributed by atoms with Crippen LogP contribution >= 0.6 is 0 Å². The maximum Gasteiger partial charge on any atom is 0.180 e. The summed E-state index contributed by atoms with van der Waals surface area (Å²) in [7, 11) is 0. The molecule has 0 radical (unpaired) electrons. The van der Waals surface area contributed by atoms with E-state index in [0.29, 0.717) is 24.0 Å². The minimum absolute atomic E-state index is 0.0868. The van der Waals surface area contributed by atoms with E-state index in [0.717, 1.165) is 0 Å². The number of fused-ring (bicyclic) bond motifs is 1. The van der Waals surface area contributed by atoms with Crippen molar-refractivity contribution in [2.75, 3.05) is 13.2 Å². The molecule has 3 nitrogen and oxygen atoms in total. The van der Waals surface area contributed by atoms with Crippen molar-refractivity contribution in [1.82, 2.24) is 0 Å².